The second-order valence-electron chi connectivity index (χ2n) is 18.5. The summed E-state index contributed by atoms with van der Waals surface area (Å²) in [5.74, 6) is 0. The number of carbonyl (C=O) groups excluding carboxylic acids is 6. The quantitative estimate of drug-likeness (QED) is 0.0359. The summed E-state index contributed by atoms with van der Waals surface area (Å²) in [5, 5.41) is 26.6. The van der Waals surface area contributed by atoms with Crippen LogP contribution in [0, 0.1) is 22.7 Å². The molecule has 0 atom stereocenters. The van der Waals surface area contributed by atoms with Gasteiger partial charge in [-0.3, -0.25) is 9.97 Å². The van der Waals surface area contributed by atoms with Gasteiger partial charge in [-0.2, -0.15) is 20.5 Å². The molecule has 72 heavy (non-hydrogen) atoms. The number of nitrogens with one attached hydrogen (secondary N) is 4. The lowest BCUT2D eigenvalue weighted by Gasteiger charge is -2.29. The maximum absolute atomic E-state index is 13.0. The van der Waals surface area contributed by atoms with Gasteiger partial charge in [0.1, 0.15) is 45.9 Å². The molecule has 4 rings (SSSR count). The van der Waals surface area contributed by atoms with E-state index in [0.29, 0.717) is 33.6 Å². The predicted octanol–water partition coefficient (Wildman–Crippen LogP) is 8.46. The maximum Gasteiger partial charge on any atom is 0.434 e. The Morgan fingerprint density at radius 3 is 1.22 bits per heavy atom. The summed E-state index contributed by atoms with van der Waals surface area (Å²) in [6, 6.07) is 17.3. The minimum atomic E-state index is -0.927. The van der Waals surface area contributed by atoms with Crippen LogP contribution in [0.25, 0.3) is 22.3 Å². The number of aromatic nitrogens is 2. The fourth-order valence-electron chi connectivity index (χ4n) is 5.31. The van der Waals surface area contributed by atoms with E-state index in [1.807, 2.05) is 0 Å². The zero-order valence-electron chi connectivity index (χ0n) is 43.3. The summed E-state index contributed by atoms with van der Waals surface area (Å²) in [5.41, 5.74) is 15.0. The molecule has 0 radical (unpaired) electrons. The van der Waals surface area contributed by atoms with Crippen LogP contribution in [0.15, 0.2) is 78.3 Å². The van der Waals surface area contributed by atoms with Crippen LogP contribution in [0.4, 0.5) is 46.7 Å². The largest absolute Gasteiger partial charge is 0.443 e. The molecule has 23 nitrogen and oxygen atoms in total. The Morgan fingerprint density at radius 2 is 0.931 bits per heavy atom. The van der Waals surface area contributed by atoms with Crippen molar-refractivity contribution < 1.29 is 47.7 Å². The first-order valence-electron chi connectivity index (χ1n) is 21.8. The van der Waals surface area contributed by atoms with E-state index in [1.54, 1.807) is 132 Å². The Hall–Kier alpha value is -8.79. The number of nitrogen functional groups attached to an aromatic ring is 1. The van der Waals surface area contributed by atoms with Crippen molar-refractivity contribution in [3.63, 3.8) is 0 Å². The fraction of sp³-hybridized carbons (Fsp3) is 0.388. The average Bonchev–Trinajstić information content (AvgIpc) is 3.28. The van der Waals surface area contributed by atoms with E-state index in [2.05, 4.69) is 54.3 Å². The van der Waals surface area contributed by atoms with Gasteiger partial charge in [-0.1, -0.05) is 24.3 Å². The number of nitrogens with zero attached hydrogens (tertiary/aromatic N) is 7. The van der Waals surface area contributed by atoms with E-state index in [4.69, 9.17) is 29.5 Å². The zero-order valence-corrected chi connectivity index (χ0v) is 43.3. The molecule has 386 valence electrons. The van der Waals surface area contributed by atoms with E-state index in [1.165, 1.54) is 52.0 Å². The number of aliphatic imine (C=N–C) groups is 1. The van der Waals surface area contributed by atoms with Gasteiger partial charge in [0.25, 0.3) is 0 Å². The van der Waals surface area contributed by atoms with Crippen molar-refractivity contribution in [3.05, 3.63) is 84.4 Å². The van der Waals surface area contributed by atoms with Crippen molar-refractivity contribution in [2.45, 2.75) is 105 Å². The van der Waals surface area contributed by atoms with Gasteiger partial charge in [0.05, 0.1) is 23.5 Å². The highest BCUT2D eigenvalue weighted by atomic mass is 16.6. The number of hydrogen-bond donors (Lipinski definition) is 6. The number of carbonyl (C=O) groups is 5. The monoisotopic (exact) mass is 995 g/mol. The average molecular weight is 996 g/mol. The summed E-state index contributed by atoms with van der Waals surface area (Å²) in [4.78, 5) is 82.4. The van der Waals surface area contributed by atoms with E-state index in [9.17, 15) is 34.5 Å². The van der Waals surface area contributed by atoms with Crippen molar-refractivity contribution in [1.82, 2.24) is 26.1 Å². The number of benzene rings is 2. The number of rotatable bonds is 5. The molecule has 2 aromatic heterocycles. The topological polar surface area (TPSA) is 332 Å². The van der Waals surface area contributed by atoms with Crippen LogP contribution < -0.4 is 43.0 Å². The zero-order chi connectivity index (χ0) is 55.2. The lowest BCUT2D eigenvalue weighted by Crippen LogP contribution is -2.50. The van der Waals surface area contributed by atoms with Crippen molar-refractivity contribution in [2.24, 2.45) is 10.7 Å². The van der Waals surface area contributed by atoms with Gasteiger partial charge in [-0.05, 0) is 126 Å². The van der Waals surface area contributed by atoms with Crippen molar-refractivity contribution in [1.29, 1.82) is 10.5 Å². The lowest BCUT2D eigenvalue weighted by molar-refractivity contribution is 0.0425. The van der Waals surface area contributed by atoms with Crippen molar-refractivity contribution in [2.75, 3.05) is 42.2 Å². The number of hydrogen-bond acceptors (Lipinski definition) is 17. The number of hydrazine groups is 2. The summed E-state index contributed by atoms with van der Waals surface area (Å²) in [6.45, 7) is 20.2. The van der Waals surface area contributed by atoms with E-state index < -0.39 is 46.8 Å². The number of pyridine rings is 2. The fourth-order valence-corrected chi connectivity index (χ4v) is 5.31. The third-order valence-corrected chi connectivity index (χ3v) is 7.91. The molecule has 0 unspecified atom stereocenters. The van der Waals surface area contributed by atoms with Gasteiger partial charge in [-0.15, -0.1) is 0 Å². The molecule has 6 amide bonds. The first-order chi connectivity index (χ1) is 33.5. The molecule has 0 bridgehead atoms. The molecular weight excluding hydrogens is 931 g/mol. The number of anilines is 4. The van der Waals surface area contributed by atoms with Crippen LogP contribution >= 0.6 is 0 Å². The highest BCUT2D eigenvalue weighted by molar-refractivity contribution is 5.95. The Kier molecular flexibility index (Phi) is 23.3. The molecule has 8 N–H and O–H groups in total. The summed E-state index contributed by atoms with van der Waals surface area (Å²) >= 11 is 0. The Bertz CT molecular complexity index is 2610. The van der Waals surface area contributed by atoms with Crippen molar-refractivity contribution in [3.8, 4) is 34.4 Å². The number of isocyanates is 1. The molecule has 0 aliphatic rings. The smallest absolute Gasteiger partial charge is 0.434 e. The Labute approximate surface area is 419 Å². The molecule has 23 heteroatoms. The summed E-state index contributed by atoms with van der Waals surface area (Å²) in [7, 11) is 4.38. The van der Waals surface area contributed by atoms with Gasteiger partial charge < -0.3 is 41.0 Å². The number of nitriles is 2. The van der Waals surface area contributed by atoms with Crippen LogP contribution in [0.5, 0.6) is 0 Å². The predicted molar refractivity (Wildman–Crippen MR) is 272 cm³/mol. The summed E-state index contributed by atoms with van der Waals surface area (Å²) < 4.78 is 21.4. The molecule has 0 aliphatic heterocycles. The molecule has 0 saturated carbocycles. The first-order valence-corrected chi connectivity index (χ1v) is 21.8. The second kappa shape index (κ2) is 27.4. The molecule has 4 aromatic rings. The van der Waals surface area contributed by atoms with Crippen LogP contribution in [-0.2, 0) is 23.7 Å². The van der Waals surface area contributed by atoms with Gasteiger partial charge in [0, 0.05) is 49.0 Å². The standard InChI is InChI=1S/C24H30N6O5.C22H27N5O4.C2H3NO.CH5N/c1-23(2,3)34-21(32)29-30(22(33)35-24(4,5)6)19-14-27-13-18(17(19)12-25)15-8-10-16(11-9-15)28-20(31)26-7;1-21(2,3)30-19(28)26-27(20(29)31-22(4,5)6)18-13-25-12-17(16(18)11-23)14-7-9-15(24)10-8-14;1-3-2-4;1-2/h8-11,13-14H,1-7H3,(H,29,32)(H2,26,28,31);7-10,12-13H,24H2,1-6H3,(H,26,28);1H3;2H2,1H3. The van der Waals surface area contributed by atoms with Crippen molar-refractivity contribution >= 4 is 59.2 Å². The first kappa shape index (κ1) is 61.2. The highest BCUT2D eigenvalue weighted by Gasteiger charge is 2.32. The summed E-state index contributed by atoms with van der Waals surface area (Å²) in [6.07, 6.45) is 3.20. The third kappa shape index (κ3) is 21.2. The molecule has 0 aliphatic carbocycles. The van der Waals surface area contributed by atoms with Gasteiger partial charge in [-0.25, -0.2) is 44.6 Å². The molecule has 0 fully saturated rings. The SMILES string of the molecule is CC(C)(C)OC(=O)NN(C(=O)OC(C)(C)C)c1cncc(-c2ccc(N)cc2)c1C#N.CN.CN=C=O.CNC(=O)Nc1ccc(-c2cncc(N(NC(=O)OC(C)(C)C)C(=O)OC(C)(C)C)c2C#N)cc1. The number of ether oxygens (including phenoxy) is 4. The number of urea groups is 1. The van der Waals surface area contributed by atoms with Gasteiger partial charge in [0.15, 0.2) is 0 Å². The second-order valence-corrected chi connectivity index (χ2v) is 18.5. The normalized spacial score (nSPS) is 10.5. The van der Waals surface area contributed by atoms with Gasteiger partial charge in [0.2, 0.25) is 6.08 Å². The molecule has 0 spiro atoms. The highest BCUT2D eigenvalue weighted by Crippen LogP contribution is 2.33. The van der Waals surface area contributed by atoms with E-state index in [0.717, 1.165) is 10.0 Å². The third-order valence-electron chi connectivity index (χ3n) is 7.91. The number of amides is 6. The van der Waals surface area contributed by atoms with Crippen LogP contribution in [0.2, 0.25) is 0 Å². The lowest BCUT2D eigenvalue weighted by atomic mass is 10.0. The Morgan fingerprint density at radius 1 is 0.597 bits per heavy atom. The van der Waals surface area contributed by atoms with Crippen LogP contribution in [0.3, 0.4) is 0 Å². The van der Waals surface area contributed by atoms with Crippen LogP contribution in [-0.4, -0.2) is 90.0 Å². The molecule has 0 saturated heterocycles. The Balaban J connectivity index is 0.000000652. The molecule has 2 heterocycles. The van der Waals surface area contributed by atoms with E-state index in [-0.39, 0.29) is 28.5 Å². The van der Waals surface area contributed by atoms with Crippen LogP contribution in [0.1, 0.15) is 94.2 Å². The molecular formula is C49H65N13O10. The van der Waals surface area contributed by atoms with E-state index >= 15 is 0 Å². The molecule has 2 aromatic carbocycles. The maximum atomic E-state index is 13.0. The minimum Gasteiger partial charge on any atom is -0.443 e. The van der Waals surface area contributed by atoms with Gasteiger partial charge >= 0.3 is 30.4 Å². The number of nitrogens with two attached hydrogens (primary N) is 2. The minimum absolute atomic E-state index is 0.00216.